The third-order valence-corrected chi connectivity index (χ3v) is 3.70. The van der Waals surface area contributed by atoms with Crippen molar-refractivity contribution in [2.45, 2.75) is 37.6 Å². The molecule has 2 heterocycles. The molecule has 3 N–H and O–H groups in total. The summed E-state index contributed by atoms with van der Waals surface area (Å²) in [6.45, 7) is 0.617. The van der Waals surface area contributed by atoms with Crippen molar-refractivity contribution in [3.63, 3.8) is 0 Å². The lowest BCUT2D eigenvalue weighted by Gasteiger charge is -2.37. The van der Waals surface area contributed by atoms with Crippen molar-refractivity contribution < 1.29 is 0 Å². The van der Waals surface area contributed by atoms with E-state index in [1.807, 2.05) is 0 Å². The number of aromatic nitrogens is 5. The first-order valence-corrected chi connectivity index (χ1v) is 6.33. The number of nitrogens with two attached hydrogens (primary N) is 1. The first-order valence-electron chi connectivity index (χ1n) is 6.33. The van der Waals surface area contributed by atoms with Crippen molar-refractivity contribution >= 4 is 11.5 Å². The van der Waals surface area contributed by atoms with Gasteiger partial charge in [-0.1, -0.05) is 19.3 Å². The van der Waals surface area contributed by atoms with Crippen LogP contribution in [0.4, 0.5) is 5.82 Å². The molecule has 0 spiro atoms. The van der Waals surface area contributed by atoms with E-state index in [4.69, 9.17) is 5.73 Å². The molecule has 7 heteroatoms. The summed E-state index contributed by atoms with van der Waals surface area (Å²) in [5.41, 5.74) is 6.56. The Morgan fingerprint density at radius 3 is 2.89 bits per heavy atom. The first-order chi connectivity index (χ1) is 8.83. The Balaban J connectivity index is 1.92. The van der Waals surface area contributed by atoms with E-state index in [1.54, 1.807) is 16.9 Å². The van der Waals surface area contributed by atoms with Gasteiger partial charge >= 0.3 is 0 Å². The van der Waals surface area contributed by atoms with Crippen molar-refractivity contribution in [1.29, 1.82) is 0 Å². The fraction of sp³-hybridized carbons (Fsp3) is 0.636. The van der Waals surface area contributed by atoms with Gasteiger partial charge in [0.25, 0.3) is 0 Å². The average molecular weight is 247 g/mol. The molecule has 0 radical (unpaired) electrons. The van der Waals surface area contributed by atoms with Gasteiger partial charge in [0.05, 0.1) is 17.9 Å². The van der Waals surface area contributed by atoms with E-state index in [0.717, 1.165) is 18.7 Å². The summed E-state index contributed by atoms with van der Waals surface area (Å²) in [6.07, 6.45) is 9.27. The standard InChI is InChI=1S/C11H17N7/c12-8-11(4-2-1-3-5-11)14-9-6-13-7-10-15-16-17-18(9)10/h6-7,14H,1-5,8,12H2. The Bertz CT molecular complexity index is 529. The molecule has 0 aromatic carbocycles. The monoisotopic (exact) mass is 247 g/mol. The summed E-state index contributed by atoms with van der Waals surface area (Å²) >= 11 is 0. The van der Waals surface area contributed by atoms with Crippen LogP contribution in [0.3, 0.4) is 0 Å². The summed E-state index contributed by atoms with van der Waals surface area (Å²) in [5, 5.41) is 15.0. The van der Waals surface area contributed by atoms with Gasteiger partial charge < -0.3 is 11.1 Å². The van der Waals surface area contributed by atoms with Crippen LogP contribution < -0.4 is 11.1 Å². The van der Waals surface area contributed by atoms with Crippen LogP contribution in [0.2, 0.25) is 0 Å². The van der Waals surface area contributed by atoms with Crippen molar-refractivity contribution in [2.75, 3.05) is 11.9 Å². The molecular formula is C11H17N7. The Morgan fingerprint density at radius 2 is 2.11 bits per heavy atom. The fourth-order valence-corrected chi connectivity index (χ4v) is 2.64. The largest absolute Gasteiger partial charge is 0.362 e. The summed E-state index contributed by atoms with van der Waals surface area (Å²) in [6, 6.07) is 0. The Kier molecular flexibility index (Phi) is 2.83. The van der Waals surface area contributed by atoms with Gasteiger partial charge in [0.1, 0.15) is 0 Å². The molecule has 0 bridgehead atoms. The van der Waals surface area contributed by atoms with E-state index in [1.165, 1.54) is 19.3 Å². The minimum atomic E-state index is -0.0415. The summed E-state index contributed by atoms with van der Waals surface area (Å²) in [5.74, 6) is 0.810. The lowest BCUT2D eigenvalue weighted by molar-refractivity contribution is 0.329. The molecule has 96 valence electrons. The molecular weight excluding hydrogens is 230 g/mol. The topological polar surface area (TPSA) is 94.0 Å². The van der Waals surface area contributed by atoms with Gasteiger partial charge in [0, 0.05) is 6.54 Å². The van der Waals surface area contributed by atoms with Crippen molar-refractivity contribution in [3.8, 4) is 0 Å². The molecule has 3 rings (SSSR count). The number of nitrogens with one attached hydrogen (secondary N) is 1. The van der Waals surface area contributed by atoms with Crippen LogP contribution in [0.25, 0.3) is 5.65 Å². The Labute approximate surface area is 105 Å². The fourth-order valence-electron chi connectivity index (χ4n) is 2.64. The van der Waals surface area contributed by atoms with Crippen LogP contribution in [-0.2, 0) is 0 Å². The maximum absolute atomic E-state index is 5.96. The van der Waals surface area contributed by atoms with Crippen LogP contribution in [0.1, 0.15) is 32.1 Å². The van der Waals surface area contributed by atoms with Crippen molar-refractivity contribution in [3.05, 3.63) is 12.4 Å². The van der Waals surface area contributed by atoms with Gasteiger partial charge in [0.15, 0.2) is 11.5 Å². The number of anilines is 1. The normalized spacial score (nSPS) is 18.9. The number of tetrazole rings is 1. The maximum atomic E-state index is 5.96. The molecule has 0 saturated heterocycles. The highest BCUT2D eigenvalue weighted by molar-refractivity contribution is 5.45. The minimum Gasteiger partial charge on any atom is -0.362 e. The van der Waals surface area contributed by atoms with Crippen LogP contribution in [-0.4, -0.2) is 37.1 Å². The van der Waals surface area contributed by atoms with Gasteiger partial charge in [0.2, 0.25) is 0 Å². The van der Waals surface area contributed by atoms with E-state index in [0.29, 0.717) is 12.2 Å². The molecule has 1 aliphatic rings. The molecule has 18 heavy (non-hydrogen) atoms. The van der Waals surface area contributed by atoms with E-state index >= 15 is 0 Å². The smallest absolute Gasteiger partial charge is 0.199 e. The van der Waals surface area contributed by atoms with E-state index in [-0.39, 0.29) is 5.54 Å². The minimum absolute atomic E-state index is 0.0415. The second-order valence-corrected chi connectivity index (χ2v) is 4.91. The van der Waals surface area contributed by atoms with Crippen molar-refractivity contribution in [2.24, 2.45) is 5.73 Å². The van der Waals surface area contributed by atoms with Gasteiger partial charge in [-0.05, 0) is 23.3 Å². The molecule has 0 amide bonds. The number of hydrogen-bond acceptors (Lipinski definition) is 6. The summed E-state index contributed by atoms with van der Waals surface area (Å²) < 4.78 is 1.67. The van der Waals surface area contributed by atoms with Crippen molar-refractivity contribution in [1.82, 2.24) is 25.0 Å². The number of hydrogen-bond donors (Lipinski definition) is 2. The van der Waals surface area contributed by atoms with Gasteiger partial charge in [-0.25, -0.2) is 0 Å². The lowest BCUT2D eigenvalue weighted by Crippen LogP contribution is -2.47. The summed E-state index contributed by atoms with van der Waals surface area (Å²) in [7, 11) is 0. The zero-order valence-electron chi connectivity index (χ0n) is 10.2. The predicted octanol–water partition coefficient (Wildman–Crippen LogP) is 0.593. The van der Waals surface area contributed by atoms with E-state index < -0.39 is 0 Å². The quantitative estimate of drug-likeness (QED) is 0.824. The van der Waals surface area contributed by atoms with Crippen LogP contribution >= 0.6 is 0 Å². The highest BCUT2D eigenvalue weighted by Crippen LogP contribution is 2.30. The number of rotatable bonds is 3. The van der Waals surface area contributed by atoms with E-state index in [2.05, 4.69) is 25.8 Å². The third-order valence-electron chi connectivity index (χ3n) is 3.70. The van der Waals surface area contributed by atoms with Gasteiger partial charge in [-0.15, -0.1) is 5.10 Å². The number of fused-ring (bicyclic) bond motifs is 1. The SMILES string of the molecule is NCC1(Nc2cncc3nnnn23)CCCCC1. The average Bonchev–Trinajstić information content (AvgIpc) is 2.89. The second-order valence-electron chi connectivity index (χ2n) is 4.91. The highest BCUT2D eigenvalue weighted by Gasteiger charge is 2.31. The summed E-state index contributed by atoms with van der Waals surface area (Å²) in [4.78, 5) is 4.15. The van der Waals surface area contributed by atoms with Crippen LogP contribution in [0.15, 0.2) is 12.4 Å². The van der Waals surface area contributed by atoms with Gasteiger partial charge in [-0.2, -0.15) is 4.52 Å². The van der Waals surface area contributed by atoms with Gasteiger partial charge in [-0.3, -0.25) is 4.98 Å². The lowest BCUT2D eigenvalue weighted by atomic mass is 9.82. The van der Waals surface area contributed by atoms with E-state index in [9.17, 15) is 0 Å². The first kappa shape index (κ1) is 11.3. The maximum Gasteiger partial charge on any atom is 0.199 e. The molecule has 1 fully saturated rings. The molecule has 1 saturated carbocycles. The predicted molar refractivity (Wildman–Crippen MR) is 67.1 cm³/mol. The Hall–Kier alpha value is -1.76. The third kappa shape index (κ3) is 1.90. The molecule has 2 aromatic rings. The zero-order valence-corrected chi connectivity index (χ0v) is 10.2. The highest BCUT2D eigenvalue weighted by atomic mass is 15.5. The molecule has 2 aromatic heterocycles. The molecule has 7 nitrogen and oxygen atoms in total. The number of nitrogens with zero attached hydrogens (tertiary/aromatic N) is 5. The van der Waals surface area contributed by atoms with Crippen LogP contribution in [0, 0.1) is 0 Å². The molecule has 0 aliphatic heterocycles. The molecule has 0 atom stereocenters. The van der Waals surface area contributed by atoms with Crippen LogP contribution in [0.5, 0.6) is 0 Å². The molecule has 0 unspecified atom stereocenters. The zero-order chi connectivity index (χ0) is 12.4. The Morgan fingerprint density at radius 1 is 1.28 bits per heavy atom. The second kappa shape index (κ2) is 4.49. The molecule has 1 aliphatic carbocycles.